The predicted octanol–water partition coefficient (Wildman–Crippen LogP) is 5.54. The predicted molar refractivity (Wildman–Crippen MR) is 96.2 cm³/mol. The molecule has 0 aliphatic heterocycles. The van der Waals surface area contributed by atoms with Gasteiger partial charge in [0.25, 0.3) is 0 Å². The zero-order valence-corrected chi connectivity index (χ0v) is 14.6. The Labute approximate surface area is 138 Å². The van der Waals surface area contributed by atoms with Crippen molar-refractivity contribution in [3.63, 3.8) is 0 Å². The summed E-state index contributed by atoms with van der Waals surface area (Å²) in [6, 6.07) is 15.6. The average molecular weight is 360 g/mol. The van der Waals surface area contributed by atoms with E-state index in [1.165, 1.54) is 31.2 Å². The molecule has 0 aliphatic rings. The third-order valence-electron chi connectivity index (χ3n) is 3.90. The largest absolute Gasteiger partial charge is 0.309 e. The lowest BCUT2D eigenvalue weighted by molar-refractivity contribution is 0.698. The molecule has 3 aromatic rings. The molecule has 3 rings (SSSR count). The number of nitrogens with one attached hydrogen (secondary N) is 1. The van der Waals surface area contributed by atoms with Gasteiger partial charge >= 0.3 is 0 Å². The summed E-state index contributed by atoms with van der Waals surface area (Å²) >= 11 is 5.45. The second-order valence-electron chi connectivity index (χ2n) is 5.12. The van der Waals surface area contributed by atoms with E-state index in [9.17, 15) is 0 Å². The van der Waals surface area contributed by atoms with Crippen molar-refractivity contribution >= 4 is 37.4 Å². The van der Waals surface area contributed by atoms with E-state index >= 15 is 0 Å². The molecule has 0 spiro atoms. The highest BCUT2D eigenvalue weighted by molar-refractivity contribution is 9.10. The fourth-order valence-corrected chi connectivity index (χ4v) is 4.36. The van der Waals surface area contributed by atoms with Crippen LogP contribution >= 0.6 is 27.3 Å². The molecule has 108 valence electrons. The van der Waals surface area contributed by atoms with E-state index in [2.05, 4.69) is 76.0 Å². The molecule has 2 aromatic carbocycles. The topological polar surface area (TPSA) is 12.0 Å². The van der Waals surface area contributed by atoms with Crippen LogP contribution in [-0.4, -0.2) is 7.05 Å². The highest BCUT2D eigenvalue weighted by atomic mass is 79.9. The Hall–Kier alpha value is -1.16. The first-order valence-corrected chi connectivity index (χ1v) is 8.83. The molecule has 3 heteroatoms. The fourth-order valence-electron chi connectivity index (χ4n) is 2.71. The number of halogens is 1. The first-order valence-electron chi connectivity index (χ1n) is 7.16. The molecule has 1 nitrogen and oxygen atoms in total. The molecule has 0 bridgehead atoms. The number of rotatable bonds is 4. The van der Waals surface area contributed by atoms with Gasteiger partial charge in [-0.3, -0.25) is 0 Å². The van der Waals surface area contributed by atoms with E-state index in [1.807, 2.05) is 7.05 Å². The monoisotopic (exact) mass is 359 g/mol. The van der Waals surface area contributed by atoms with Gasteiger partial charge in [-0.2, -0.15) is 0 Å². The zero-order valence-electron chi connectivity index (χ0n) is 12.2. The Kier molecular flexibility index (Phi) is 4.43. The number of fused-ring (bicyclic) bond motifs is 1. The Morgan fingerprint density at radius 2 is 1.90 bits per heavy atom. The standard InChI is InChI=1S/C18H18BrNS/c1-3-12-7-9-13(10-8-12)17(20-2)15-11-21-18-14(15)5-4-6-16(18)19/h4-11,17,20H,3H2,1-2H3. The van der Waals surface area contributed by atoms with Gasteiger partial charge in [0.2, 0.25) is 0 Å². The number of aryl methyl sites for hydroxylation is 1. The maximum absolute atomic E-state index is 3.65. The second-order valence-corrected chi connectivity index (χ2v) is 6.86. The molecule has 0 fully saturated rings. The molecule has 1 atom stereocenters. The summed E-state index contributed by atoms with van der Waals surface area (Å²) in [7, 11) is 2.03. The molecule has 1 heterocycles. The molecular formula is C18H18BrNS. The van der Waals surface area contributed by atoms with Gasteiger partial charge in [0.15, 0.2) is 0 Å². The van der Waals surface area contributed by atoms with Crippen molar-refractivity contribution in [2.24, 2.45) is 0 Å². The molecular weight excluding hydrogens is 342 g/mol. The van der Waals surface area contributed by atoms with Crippen molar-refractivity contribution in [3.05, 3.63) is 69.0 Å². The molecule has 0 amide bonds. The number of thiophene rings is 1. The summed E-state index contributed by atoms with van der Waals surface area (Å²) < 4.78 is 2.49. The van der Waals surface area contributed by atoms with Gasteiger partial charge in [-0.05, 0) is 62.9 Å². The molecule has 1 unspecified atom stereocenters. The quantitative estimate of drug-likeness (QED) is 0.645. The van der Waals surface area contributed by atoms with Crippen LogP contribution in [0.3, 0.4) is 0 Å². The van der Waals surface area contributed by atoms with Gasteiger partial charge in [-0.15, -0.1) is 11.3 Å². The Morgan fingerprint density at radius 3 is 2.57 bits per heavy atom. The van der Waals surface area contributed by atoms with Crippen LogP contribution in [0.1, 0.15) is 29.7 Å². The van der Waals surface area contributed by atoms with E-state index in [4.69, 9.17) is 0 Å². The summed E-state index contributed by atoms with van der Waals surface area (Å²) in [4.78, 5) is 0. The SMILES string of the molecule is CCc1ccc(C(NC)c2csc3c(Br)cccc23)cc1. The summed E-state index contributed by atoms with van der Waals surface area (Å²) in [5.74, 6) is 0. The minimum atomic E-state index is 0.235. The lowest BCUT2D eigenvalue weighted by Gasteiger charge is -2.17. The Bertz CT molecular complexity index is 746. The van der Waals surface area contributed by atoms with Gasteiger partial charge in [0.1, 0.15) is 0 Å². The summed E-state index contributed by atoms with van der Waals surface area (Å²) in [6.45, 7) is 2.19. The molecule has 0 saturated heterocycles. The first-order chi connectivity index (χ1) is 10.2. The smallest absolute Gasteiger partial charge is 0.0588 e. The second kappa shape index (κ2) is 6.30. The molecule has 0 aliphatic carbocycles. The van der Waals surface area contributed by atoms with Crippen molar-refractivity contribution in [3.8, 4) is 0 Å². The van der Waals surface area contributed by atoms with Crippen LogP contribution in [0.25, 0.3) is 10.1 Å². The van der Waals surface area contributed by atoms with E-state index < -0.39 is 0 Å². The zero-order chi connectivity index (χ0) is 14.8. The van der Waals surface area contributed by atoms with E-state index in [-0.39, 0.29) is 6.04 Å². The lowest BCUT2D eigenvalue weighted by atomic mass is 9.97. The van der Waals surface area contributed by atoms with Crippen LogP contribution in [0.4, 0.5) is 0 Å². The third-order valence-corrected chi connectivity index (χ3v) is 5.87. The van der Waals surface area contributed by atoms with Crippen LogP contribution < -0.4 is 5.32 Å². The number of hydrogen-bond donors (Lipinski definition) is 1. The summed E-state index contributed by atoms with van der Waals surface area (Å²) in [5, 5.41) is 7.06. The van der Waals surface area contributed by atoms with E-state index in [1.54, 1.807) is 11.3 Å². The maximum Gasteiger partial charge on any atom is 0.0588 e. The fraction of sp³-hybridized carbons (Fsp3) is 0.222. The van der Waals surface area contributed by atoms with E-state index in [0.717, 1.165) is 6.42 Å². The van der Waals surface area contributed by atoms with Crippen LogP contribution in [0, 0.1) is 0 Å². The van der Waals surface area contributed by atoms with Crippen LogP contribution in [-0.2, 0) is 6.42 Å². The van der Waals surface area contributed by atoms with Gasteiger partial charge in [-0.1, -0.05) is 43.3 Å². The summed E-state index contributed by atoms with van der Waals surface area (Å²) in [6.07, 6.45) is 1.08. The first kappa shape index (κ1) is 14.8. The number of hydrogen-bond acceptors (Lipinski definition) is 2. The van der Waals surface area contributed by atoms with Crippen LogP contribution in [0.5, 0.6) is 0 Å². The van der Waals surface area contributed by atoms with Crippen LogP contribution in [0.2, 0.25) is 0 Å². The highest BCUT2D eigenvalue weighted by Crippen LogP contribution is 2.37. The van der Waals surface area contributed by atoms with Crippen LogP contribution in [0.15, 0.2) is 52.3 Å². The van der Waals surface area contributed by atoms with Crippen molar-refractivity contribution < 1.29 is 0 Å². The number of benzene rings is 2. The van der Waals surface area contributed by atoms with Crippen molar-refractivity contribution in [1.82, 2.24) is 5.32 Å². The lowest BCUT2D eigenvalue weighted by Crippen LogP contribution is -2.17. The van der Waals surface area contributed by atoms with Gasteiger partial charge in [0, 0.05) is 9.17 Å². The van der Waals surface area contributed by atoms with Crippen molar-refractivity contribution in [2.45, 2.75) is 19.4 Å². The normalized spacial score (nSPS) is 12.7. The maximum atomic E-state index is 3.65. The molecule has 1 aromatic heterocycles. The average Bonchev–Trinajstić information content (AvgIpc) is 2.94. The highest BCUT2D eigenvalue weighted by Gasteiger charge is 2.17. The van der Waals surface area contributed by atoms with Gasteiger partial charge in [-0.25, -0.2) is 0 Å². The van der Waals surface area contributed by atoms with Gasteiger partial charge < -0.3 is 5.32 Å². The minimum Gasteiger partial charge on any atom is -0.309 e. The molecule has 0 radical (unpaired) electrons. The molecule has 0 saturated carbocycles. The molecule has 1 N–H and O–H groups in total. The minimum absolute atomic E-state index is 0.235. The summed E-state index contributed by atoms with van der Waals surface area (Å²) in [5.41, 5.74) is 4.05. The van der Waals surface area contributed by atoms with Crippen molar-refractivity contribution in [1.29, 1.82) is 0 Å². The van der Waals surface area contributed by atoms with Crippen molar-refractivity contribution in [2.75, 3.05) is 7.05 Å². The Balaban J connectivity index is 2.07. The molecule has 21 heavy (non-hydrogen) atoms. The van der Waals surface area contributed by atoms with E-state index in [0.29, 0.717) is 0 Å². The van der Waals surface area contributed by atoms with Gasteiger partial charge in [0.05, 0.1) is 6.04 Å². The third kappa shape index (κ3) is 2.78. The Morgan fingerprint density at radius 1 is 1.14 bits per heavy atom.